The second-order valence-electron chi connectivity index (χ2n) is 9.75. The number of hydrogen-bond acceptors (Lipinski definition) is 3. The highest BCUT2D eigenvalue weighted by molar-refractivity contribution is 5.99. The van der Waals surface area contributed by atoms with Crippen LogP contribution in [0.1, 0.15) is 81.2 Å². The number of amides is 2. The lowest BCUT2D eigenvalue weighted by Gasteiger charge is -2.27. The van der Waals surface area contributed by atoms with Crippen LogP contribution in [0, 0.1) is 0 Å². The fourth-order valence-corrected chi connectivity index (χ4v) is 4.52. The summed E-state index contributed by atoms with van der Waals surface area (Å²) >= 11 is 0. The first-order valence-corrected chi connectivity index (χ1v) is 11.5. The van der Waals surface area contributed by atoms with Crippen LogP contribution in [0.2, 0.25) is 0 Å². The number of nitrogens with one attached hydrogen (secondary N) is 3. The molecule has 0 saturated heterocycles. The molecule has 32 heavy (non-hydrogen) atoms. The molecule has 1 fully saturated rings. The second kappa shape index (κ2) is 9.55. The molecule has 1 aliphatic rings. The van der Waals surface area contributed by atoms with Crippen molar-refractivity contribution in [2.75, 3.05) is 10.6 Å². The van der Waals surface area contributed by atoms with E-state index in [-0.39, 0.29) is 11.4 Å². The average Bonchev–Trinajstić information content (AvgIpc) is 3.20. The summed E-state index contributed by atoms with van der Waals surface area (Å²) in [5.74, 6) is 1.10. The number of carbonyl (C=O) groups is 1. The van der Waals surface area contributed by atoms with Gasteiger partial charge in [0, 0.05) is 34.8 Å². The van der Waals surface area contributed by atoms with Crippen molar-refractivity contribution in [3.05, 3.63) is 71.2 Å². The summed E-state index contributed by atoms with van der Waals surface area (Å²) in [7, 11) is 0. The smallest absolute Gasteiger partial charge is 0.308 e. The minimum absolute atomic E-state index is 0.0547. The van der Waals surface area contributed by atoms with Crippen LogP contribution in [-0.4, -0.2) is 21.2 Å². The highest BCUT2D eigenvalue weighted by Gasteiger charge is 2.30. The molecule has 0 radical (unpaired) electrons. The first-order chi connectivity index (χ1) is 15.4. The van der Waals surface area contributed by atoms with Crippen molar-refractivity contribution in [3.63, 3.8) is 0 Å². The quantitative estimate of drug-likeness (QED) is 0.438. The number of urea groups is 1. The van der Waals surface area contributed by atoms with E-state index in [1.807, 2.05) is 36.4 Å². The molecule has 2 heterocycles. The number of carbonyl (C=O) groups excluding carboxylic acids is 1. The van der Waals surface area contributed by atoms with Gasteiger partial charge in [0.1, 0.15) is 0 Å². The number of rotatable bonds is 5. The number of hydrogen-bond donors (Lipinski definition) is 3. The van der Waals surface area contributed by atoms with Crippen LogP contribution in [0.5, 0.6) is 0 Å². The standard InChI is InChI=1S/C26H33N5O/c1-26(2,3)23-22(20-7-5-4-6-8-20)24(31-30-23)29-25(32)28-21-11-9-18(10-12-21)17-19-13-15-27-16-14-19/h9-16,20H,4-8,17H2,1-3H3,(H3,28,29,30,31,32). The minimum atomic E-state index is -0.268. The Morgan fingerprint density at radius 1 is 0.969 bits per heavy atom. The van der Waals surface area contributed by atoms with E-state index in [1.165, 1.54) is 36.0 Å². The van der Waals surface area contributed by atoms with Crippen LogP contribution in [0.4, 0.5) is 16.3 Å². The predicted molar refractivity (Wildman–Crippen MR) is 129 cm³/mol. The zero-order chi connectivity index (χ0) is 22.6. The molecular formula is C26H33N5O. The Kier molecular flexibility index (Phi) is 6.58. The highest BCUT2D eigenvalue weighted by atomic mass is 16.2. The van der Waals surface area contributed by atoms with Gasteiger partial charge in [-0.2, -0.15) is 5.10 Å². The molecule has 0 atom stereocenters. The lowest BCUT2D eigenvalue weighted by Crippen LogP contribution is -2.22. The molecule has 2 aromatic heterocycles. The Bertz CT molecular complexity index is 1030. The topological polar surface area (TPSA) is 82.7 Å². The maximum atomic E-state index is 12.8. The third-order valence-electron chi connectivity index (χ3n) is 6.17. The van der Waals surface area contributed by atoms with E-state index in [2.05, 4.69) is 46.6 Å². The van der Waals surface area contributed by atoms with E-state index in [1.54, 1.807) is 12.4 Å². The maximum absolute atomic E-state index is 12.8. The van der Waals surface area contributed by atoms with Crippen LogP contribution >= 0.6 is 0 Å². The summed E-state index contributed by atoms with van der Waals surface area (Å²) in [6.45, 7) is 6.55. The zero-order valence-electron chi connectivity index (χ0n) is 19.2. The van der Waals surface area contributed by atoms with E-state index in [0.29, 0.717) is 11.7 Å². The van der Waals surface area contributed by atoms with Crippen molar-refractivity contribution >= 4 is 17.5 Å². The fraction of sp³-hybridized carbons (Fsp3) is 0.423. The molecule has 3 N–H and O–H groups in total. The van der Waals surface area contributed by atoms with Crippen LogP contribution in [0.25, 0.3) is 0 Å². The minimum Gasteiger partial charge on any atom is -0.308 e. The molecule has 1 aromatic carbocycles. The summed E-state index contributed by atoms with van der Waals surface area (Å²) < 4.78 is 0. The molecule has 2 amide bonds. The van der Waals surface area contributed by atoms with Gasteiger partial charge in [-0.1, -0.05) is 52.2 Å². The number of pyridine rings is 1. The van der Waals surface area contributed by atoms with Gasteiger partial charge in [0.05, 0.1) is 0 Å². The number of aromatic amines is 1. The molecule has 0 aliphatic heterocycles. The van der Waals surface area contributed by atoms with Crippen molar-refractivity contribution in [2.24, 2.45) is 0 Å². The lowest BCUT2D eigenvalue weighted by atomic mass is 9.79. The molecule has 0 bridgehead atoms. The first kappa shape index (κ1) is 22.1. The van der Waals surface area contributed by atoms with Crippen LogP contribution in [0.3, 0.4) is 0 Å². The Hall–Kier alpha value is -3.15. The first-order valence-electron chi connectivity index (χ1n) is 11.5. The molecule has 1 saturated carbocycles. The third kappa shape index (κ3) is 5.36. The number of nitrogens with zero attached hydrogens (tertiary/aromatic N) is 2. The Morgan fingerprint density at radius 3 is 2.28 bits per heavy atom. The van der Waals surface area contributed by atoms with Gasteiger partial charge < -0.3 is 5.32 Å². The zero-order valence-corrected chi connectivity index (χ0v) is 19.2. The van der Waals surface area contributed by atoms with Crippen molar-refractivity contribution in [3.8, 4) is 0 Å². The number of H-pyrrole nitrogens is 1. The fourth-order valence-electron chi connectivity index (χ4n) is 4.52. The van der Waals surface area contributed by atoms with Gasteiger partial charge >= 0.3 is 6.03 Å². The molecule has 168 valence electrons. The monoisotopic (exact) mass is 431 g/mol. The number of benzene rings is 1. The van der Waals surface area contributed by atoms with Gasteiger partial charge in [-0.25, -0.2) is 4.79 Å². The SMILES string of the molecule is CC(C)(C)c1[nH]nc(NC(=O)Nc2ccc(Cc3ccncc3)cc2)c1C1CCCCC1. The van der Waals surface area contributed by atoms with E-state index < -0.39 is 0 Å². The van der Waals surface area contributed by atoms with Gasteiger partial charge in [-0.3, -0.25) is 15.4 Å². The average molecular weight is 432 g/mol. The van der Waals surface area contributed by atoms with E-state index in [9.17, 15) is 4.79 Å². The van der Waals surface area contributed by atoms with Gasteiger partial charge in [-0.15, -0.1) is 0 Å². The molecule has 1 aliphatic carbocycles. The predicted octanol–water partition coefficient (Wildman–Crippen LogP) is 6.38. The van der Waals surface area contributed by atoms with E-state index in [0.717, 1.165) is 30.6 Å². The summed E-state index contributed by atoms with van der Waals surface area (Å²) in [5, 5.41) is 13.7. The summed E-state index contributed by atoms with van der Waals surface area (Å²) in [4.78, 5) is 16.8. The third-order valence-corrected chi connectivity index (χ3v) is 6.17. The van der Waals surface area contributed by atoms with Gasteiger partial charge in [0.2, 0.25) is 0 Å². The van der Waals surface area contributed by atoms with Crippen molar-refractivity contribution in [1.29, 1.82) is 0 Å². The van der Waals surface area contributed by atoms with Crippen LogP contribution in [-0.2, 0) is 11.8 Å². The van der Waals surface area contributed by atoms with E-state index >= 15 is 0 Å². The molecule has 0 unspecified atom stereocenters. The summed E-state index contributed by atoms with van der Waals surface area (Å²) in [6, 6.07) is 11.7. The molecule has 3 aromatic rings. The van der Waals surface area contributed by atoms with Gasteiger partial charge in [-0.05, 0) is 60.6 Å². The molecule has 6 nitrogen and oxygen atoms in total. The van der Waals surface area contributed by atoms with Gasteiger partial charge in [0.25, 0.3) is 0 Å². The number of aromatic nitrogens is 3. The molecule has 0 spiro atoms. The highest BCUT2D eigenvalue weighted by Crippen LogP contribution is 2.41. The number of anilines is 2. The largest absolute Gasteiger partial charge is 0.324 e. The van der Waals surface area contributed by atoms with Crippen LogP contribution < -0.4 is 10.6 Å². The lowest BCUT2D eigenvalue weighted by molar-refractivity contribution is 0.262. The van der Waals surface area contributed by atoms with Crippen molar-refractivity contribution in [2.45, 2.75) is 70.6 Å². The Labute approximate surface area is 190 Å². The van der Waals surface area contributed by atoms with Crippen molar-refractivity contribution < 1.29 is 4.79 Å². The summed E-state index contributed by atoms with van der Waals surface area (Å²) in [5.41, 5.74) is 5.40. The molecule has 6 heteroatoms. The Morgan fingerprint density at radius 2 is 1.62 bits per heavy atom. The van der Waals surface area contributed by atoms with E-state index in [4.69, 9.17) is 0 Å². The molecule has 4 rings (SSSR count). The normalized spacial score (nSPS) is 14.8. The van der Waals surface area contributed by atoms with Crippen molar-refractivity contribution in [1.82, 2.24) is 15.2 Å². The summed E-state index contributed by atoms with van der Waals surface area (Å²) in [6.07, 6.45) is 10.5. The van der Waals surface area contributed by atoms with Gasteiger partial charge in [0.15, 0.2) is 5.82 Å². The Balaban J connectivity index is 1.44. The second-order valence-corrected chi connectivity index (χ2v) is 9.75. The molecular weight excluding hydrogens is 398 g/mol. The van der Waals surface area contributed by atoms with Crippen LogP contribution in [0.15, 0.2) is 48.8 Å². The maximum Gasteiger partial charge on any atom is 0.324 e.